The molecule has 0 aliphatic carbocycles. The van der Waals surface area contributed by atoms with Gasteiger partial charge in [0.25, 0.3) is 6.01 Å². The summed E-state index contributed by atoms with van der Waals surface area (Å²) in [7, 11) is 1.62. The molecule has 26 heavy (non-hydrogen) atoms. The number of unbranched alkanes of at least 4 members (excludes halogenated alkanes) is 2. The lowest BCUT2D eigenvalue weighted by Gasteiger charge is -2.11. The van der Waals surface area contributed by atoms with Gasteiger partial charge in [-0.05, 0) is 38.5 Å². The number of hydrogen-bond acceptors (Lipinski definition) is 7. The molecule has 1 aliphatic heterocycles. The molecule has 0 spiro atoms. The molecule has 0 bridgehead atoms. The topological polar surface area (TPSA) is 100 Å². The van der Waals surface area contributed by atoms with E-state index in [1.54, 1.807) is 7.11 Å². The van der Waals surface area contributed by atoms with Crippen molar-refractivity contribution in [1.82, 2.24) is 19.5 Å². The van der Waals surface area contributed by atoms with Crippen LogP contribution >= 0.6 is 0 Å². The summed E-state index contributed by atoms with van der Waals surface area (Å²) in [5.74, 6) is 0.928. The Kier molecular flexibility index (Phi) is 6.49. The third kappa shape index (κ3) is 4.35. The van der Waals surface area contributed by atoms with Gasteiger partial charge in [-0.3, -0.25) is 4.57 Å². The largest absolute Gasteiger partial charge is 0.468 e. The van der Waals surface area contributed by atoms with Crippen molar-refractivity contribution < 1.29 is 9.47 Å². The smallest absolute Gasteiger partial charge is 0.298 e. The second kappa shape index (κ2) is 9.02. The molecule has 0 radical (unpaired) electrons. The summed E-state index contributed by atoms with van der Waals surface area (Å²) in [5, 5.41) is 3.24. The maximum Gasteiger partial charge on any atom is 0.298 e. The van der Waals surface area contributed by atoms with Gasteiger partial charge in [0.1, 0.15) is 0 Å². The number of anilines is 2. The van der Waals surface area contributed by atoms with E-state index in [0.29, 0.717) is 29.4 Å². The first kappa shape index (κ1) is 18.7. The SMILES string of the molecule is CCCCNc1nc(N)c2nc(OC)n(CCCCC3CCCO3)c2n1. The summed E-state index contributed by atoms with van der Waals surface area (Å²) in [6.07, 6.45) is 8.22. The summed E-state index contributed by atoms with van der Waals surface area (Å²) in [4.78, 5) is 13.4. The molecule has 1 saturated heterocycles. The zero-order chi connectivity index (χ0) is 18.4. The number of hydrogen-bond donors (Lipinski definition) is 2. The van der Waals surface area contributed by atoms with Gasteiger partial charge in [-0.15, -0.1) is 0 Å². The zero-order valence-corrected chi connectivity index (χ0v) is 15.8. The second-order valence-electron chi connectivity index (χ2n) is 6.77. The lowest BCUT2D eigenvalue weighted by Crippen LogP contribution is -2.09. The van der Waals surface area contributed by atoms with E-state index in [1.165, 1.54) is 12.8 Å². The fourth-order valence-electron chi connectivity index (χ4n) is 3.33. The summed E-state index contributed by atoms with van der Waals surface area (Å²) in [6, 6.07) is 0.531. The Morgan fingerprint density at radius 1 is 1.27 bits per heavy atom. The summed E-state index contributed by atoms with van der Waals surface area (Å²) >= 11 is 0. The number of fused-ring (bicyclic) bond motifs is 1. The van der Waals surface area contributed by atoms with E-state index in [2.05, 4.69) is 27.2 Å². The van der Waals surface area contributed by atoms with Crippen molar-refractivity contribution in [3.05, 3.63) is 0 Å². The number of rotatable bonds is 10. The van der Waals surface area contributed by atoms with Crippen LogP contribution in [-0.4, -0.2) is 45.9 Å². The Hall–Kier alpha value is -2.09. The van der Waals surface area contributed by atoms with Gasteiger partial charge in [0, 0.05) is 19.7 Å². The van der Waals surface area contributed by atoms with Gasteiger partial charge in [0.15, 0.2) is 17.0 Å². The molecule has 144 valence electrons. The summed E-state index contributed by atoms with van der Waals surface area (Å²) < 4.78 is 13.1. The van der Waals surface area contributed by atoms with Crippen LogP contribution in [0.2, 0.25) is 0 Å². The number of imidazole rings is 1. The molecule has 0 saturated carbocycles. The average Bonchev–Trinajstić information content (AvgIpc) is 3.27. The predicted octanol–water partition coefficient (Wildman–Crippen LogP) is 2.98. The van der Waals surface area contributed by atoms with E-state index in [0.717, 1.165) is 57.4 Å². The van der Waals surface area contributed by atoms with E-state index in [1.807, 2.05) is 4.57 Å². The van der Waals surface area contributed by atoms with Crippen molar-refractivity contribution in [3.63, 3.8) is 0 Å². The molecule has 0 aromatic carbocycles. The third-order valence-corrected chi connectivity index (χ3v) is 4.76. The molecule has 1 atom stereocenters. The monoisotopic (exact) mass is 362 g/mol. The first-order valence-corrected chi connectivity index (χ1v) is 9.66. The number of aromatic nitrogens is 4. The van der Waals surface area contributed by atoms with Crippen molar-refractivity contribution in [1.29, 1.82) is 0 Å². The van der Waals surface area contributed by atoms with Crippen LogP contribution < -0.4 is 15.8 Å². The molecule has 8 heteroatoms. The van der Waals surface area contributed by atoms with E-state index < -0.39 is 0 Å². The minimum atomic E-state index is 0.380. The molecule has 3 heterocycles. The fraction of sp³-hybridized carbons (Fsp3) is 0.722. The number of nitrogen functional groups attached to an aromatic ring is 1. The summed E-state index contributed by atoms with van der Waals surface area (Å²) in [6.45, 7) is 4.68. The Morgan fingerprint density at radius 3 is 2.88 bits per heavy atom. The molecule has 8 nitrogen and oxygen atoms in total. The molecule has 1 unspecified atom stereocenters. The van der Waals surface area contributed by atoms with Gasteiger partial charge in [-0.1, -0.05) is 13.3 Å². The molecule has 0 amide bonds. The zero-order valence-electron chi connectivity index (χ0n) is 15.8. The highest BCUT2D eigenvalue weighted by atomic mass is 16.5. The highest BCUT2D eigenvalue weighted by molar-refractivity contribution is 5.84. The van der Waals surface area contributed by atoms with Gasteiger partial charge in [0.2, 0.25) is 5.95 Å². The number of nitrogens with zero attached hydrogens (tertiary/aromatic N) is 4. The number of methoxy groups -OCH3 is 1. The van der Waals surface area contributed by atoms with Crippen molar-refractivity contribution >= 4 is 22.9 Å². The van der Waals surface area contributed by atoms with Gasteiger partial charge in [-0.2, -0.15) is 15.0 Å². The van der Waals surface area contributed by atoms with E-state index in [-0.39, 0.29) is 0 Å². The van der Waals surface area contributed by atoms with Gasteiger partial charge in [-0.25, -0.2) is 0 Å². The lowest BCUT2D eigenvalue weighted by atomic mass is 10.1. The van der Waals surface area contributed by atoms with Gasteiger partial charge in [0.05, 0.1) is 13.2 Å². The van der Waals surface area contributed by atoms with Crippen molar-refractivity contribution in [3.8, 4) is 6.01 Å². The van der Waals surface area contributed by atoms with E-state index in [4.69, 9.17) is 15.2 Å². The molecule has 3 rings (SSSR count). The Bertz CT molecular complexity index is 711. The molecule has 1 aliphatic rings. The number of ether oxygens (including phenoxy) is 2. The maximum absolute atomic E-state index is 6.10. The van der Waals surface area contributed by atoms with Crippen LogP contribution in [0, 0.1) is 0 Å². The van der Waals surface area contributed by atoms with Crippen LogP contribution in [0.3, 0.4) is 0 Å². The average molecular weight is 362 g/mol. The van der Waals surface area contributed by atoms with Crippen molar-refractivity contribution in [2.45, 2.75) is 64.5 Å². The number of nitrogens with one attached hydrogen (secondary N) is 1. The van der Waals surface area contributed by atoms with Gasteiger partial charge >= 0.3 is 0 Å². The van der Waals surface area contributed by atoms with Crippen molar-refractivity contribution in [2.75, 3.05) is 31.3 Å². The molecular weight excluding hydrogens is 332 g/mol. The summed E-state index contributed by atoms with van der Waals surface area (Å²) in [5.41, 5.74) is 7.42. The quantitative estimate of drug-likeness (QED) is 0.627. The molecule has 2 aromatic heterocycles. The van der Waals surface area contributed by atoms with Gasteiger partial charge < -0.3 is 20.5 Å². The Morgan fingerprint density at radius 2 is 2.15 bits per heavy atom. The predicted molar refractivity (Wildman–Crippen MR) is 103 cm³/mol. The fourth-order valence-corrected chi connectivity index (χ4v) is 3.33. The van der Waals surface area contributed by atoms with E-state index in [9.17, 15) is 0 Å². The minimum Gasteiger partial charge on any atom is -0.468 e. The number of nitrogens with two attached hydrogens (primary N) is 1. The number of aryl methyl sites for hydroxylation is 1. The Balaban J connectivity index is 1.71. The van der Waals surface area contributed by atoms with Crippen LogP contribution in [0.1, 0.15) is 51.9 Å². The second-order valence-corrected chi connectivity index (χ2v) is 6.77. The molecule has 3 N–H and O–H groups in total. The minimum absolute atomic E-state index is 0.380. The highest BCUT2D eigenvalue weighted by Gasteiger charge is 2.18. The molecular formula is C18H30N6O2. The Labute approximate surface area is 154 Å². The van der Waals surface area contributed by atoms with Crippen molar-refractivity contribution in [2.24, 2.45) is 0 Å². The molecule has 2 aromatic rings. The van der Waals surface area contributed by atoms with Crippen LogP contribution in [0.4, 0.5) is 11.8 Å². The van der Waals surface area contributed by atoms with Crippen LogP contribution in [0.5, 0.6) is 6.01 Å². The molecule has 1 fully saturated rings. The standard InChI is InChI=1S/C18H30N6O2/c1-3-4-10-20-17-22-15(19)14-16(23-17)24(18(21-14)25-2)11-6-5-8-13-9-7-12-26-13/h13H,3-12H2,1-2H3,(H3,19,20,22,23). The lowest BCUT2D eigenvalue weighted by molar-refractivity contribution is 0.102. The first-order valence-electron chi connectivity index (χ1n) is 9.66. The van der Waals surface area contributed by atoms with Crippen LogP contribution in [0.15, 0.2) is 0 Å². The first-order chi connectivity index (χ1) is 12.7. The maximum atomic E-state index is 6.10. The van der Waals surface area contributed by atoms with Crippen LogP contribution in [0.25, 0.3) is 11.2 Å². The third-order valence-electron chi connectivity index (χ3n) is 4.76. The van der Waals surface area contributed by atoms with Crippen LogP contribution in [-0.2, 0) is 11.3 Å². The highest BCUT2D eigenvalue weighted by Crippen LogP contribution is 2.26. The normalized spacial score (nSPS) is 17.1. The van der Waals surface area contributed by atoms with E-state index >= 15 is 0 Å².